The predicted molar refractivity (Wildman–Crippen MR) is 68.3 cm³/mol. The summed E-state index contributed by atoms with van der Waals surface area (Å²) >= 11 is 0. The Kier molecular flexibility index (Phi) is 3.79. The first kappa shape index (κ1) is 12.5. The molecule has 17 heavy (non-hydrogen) atoms. The van der Waals surface area contributed by atoms with Gasteiger partial charge in [0.15, 0.2) is 0 Å². The first-order valence-electron chi connectivity index (χ1n) is 6.31. The molecule has 0 amide bonds. The van der Waals surface area contributed by atoms with E-state index in [9.17, 15) is 4.39 Å². The van der Waals surface area contributed by atoms with E-state index in [2.05, 4.69) is 11.9 Å². The number of likely N-dealkylation sites (tertiary alicyclic amines) is 1. The van der Waals surface area contributed by atoms with Gasteiger partial charge in [0.05, 0.1) is 0 Å². The number of aryl methyl sites for hydroxylation is 1. The lowest BCUT2D eigenvalue weighted by Crippen LogP contribution is -2.37. The third kappa shape index (κ3) is 2.67. The van der Waals surface area contributed by atoms with Gasteiger partial charge in [-0.05, 0) is 50.6 Å². The fourth-order valence-corrected chi connectivity index (χ4v) is 2.72. The summed E-state index contributed by atoms with van der Waals surface area (Å²) in [5.74, 6) is -0.140. The quantitative estimate of drug-likeness (QED) is 0.812. The van der Waals surface area contributed by atoms with E-state index < -0.39 is 0 Å². The van der Waals surface area contributed by atoms with Gasteiger partial charge in [0.25, 0.3) is 0 Å². The Morgan fingerprint density at radius 2 is 2.12 bits per heavy atom. The van der Waals surface area contributed by atoms with E-state index in [1.54, 1.807) is 13.0 Å². The molecular weight excluding hydrogens is 215 g/mol. The van der Waals surface area contributed by atoms with E-state index in [0.717, 1.165) is 18.5 Å². The third-order valence-corrected chi connectivity index (χ3v) is 3.70. The second-order valence-corrected chi connectivity index (χ2v) is 5.09. The van der Waals surface area contributed by atoms with Crippen LogP contribution in [-0.2, 0) is 0 Å². The first-order valence-corrected chi connectivity index (χ1v) is 6.31. The average Bonchev–Trinajstić information content (AvgIpc) is 2.45. The average molecular weight is 236 g/mol. The zero-order valence-electron chi connectivity index (χ0n) is 10.6. The minimum Gasteiger partial charge on any atom is -0.326 e. The molecule has 0 spiro atoms. The molecular formula is C14H21FN2. The number of hydrogen-bond donors (Lipinski definition) is 1. The molecule has 1 saturated heterocycles. The molecule has 0 bridgehead atoms. The Bertz CT molecular complexity index is 380. The van der Waals surface area contributed by atoms with Crippen LogP contribution in [0.1, 0.15) is 36.4 Å². The number of benzene rings is 1. The van der Waals surface area contributed by atoms with Gasteiger partial charge in [-0.2, -0.15) is 0 Å². The lowest BCUT2D eigenvalue weighted by atomic mass is 9.95. The van der Waals surface area contributed by atoms with Crippen molar-refractivity contribution in [1.29, 1.82) is 0 Å². The number of halogens is 1. The maximum absolute atomic E-state index is 13.3. The van der Waals surface area contributed by atoms with E-state index in [-0.39, 0.29) is 17.9 Å². The van der Waals surface area contributed by atoms with Crippen molar-refractivity contribution in [2.75, 3.05) is 13.6 Å². The fraction of sp³-hybridized carbons (Fsp3) is 0.571. The maximum atomic E-state index is 13.3. The van der Waals surface area contributed by atoms with Crippen molar-refractivity contribution < 1.29 is 4.39 Å². The SMILES string of the molecule is Cc1cc(C2C(N)CCCCN2C)ccc1F. The first-order chi connectivity index (χ1) is 8.09. The number of likely N-dealkylation sites (N-methyl/N-ethyl adjacent to an activating group) is 1. The van der Waals surface area contributed by atoms with Crippen LogP contribution < -0.4 is 5.73 Å². The number of nitrogens with two attached hydrogens (primary N) is 1. The second kappa shape index (κ2) is 5.15. The number of rotatable bonds is 1. The molecule has 2 atom stereocenters. The van der Waals surface area contributed by atoms with Crippen LogP contribution in [0.3, 0.4) is 0 Å². The van der Waals surface area contributed by atoms with Crippen LogP contribution in [0.2, 0.25) is 0 Å². The monoisotopic (exact) mass is 236 g/mol. The second-order valence-electron chi connectivity index (χ2n) is 5.09. The lowest BCUT2D eigenvalue weighted by Gasteiger charge is -2.30. The molecule has 2 unspecified atom stereocenters. The zero-order chi connectivity index (χ0) is 12.4. The van der Waals surface area contributed by atoms with Crippen molar-refractivity contribution in [2.45, 2.75) is 38.3 Å². The smallest absolute Gasteiger partial charge is 0.126 e. The fourth-order valence-electron chi connectivity index (χ4n) is 2.72. The number of hydrogen-bond acceptors (Lipinski definition) is 2. The van der Waals surface area contributed by atoms with Crippen molar-refractivity contribution in [3.63, 3.8) is 0 Å². The molecule has 1 aliphatic heterocycles. The molecule has 0 aliphatic carbocycles. The van der Waals surface area contributed by atoms with Crippen LogP contribution in [0.5, 0.6) is 0 Å². The summed E-state index contributed by atoms with van der Waals surface area (Å²) < 4.78 is 13.3. The Labute approximate surface area is 103 Å². The van der Waals surface area contributed by atoms with E-state index in [4.69, 9.17) is 5.73 Å². The van der Waals surface area contributed by atoms with Crippen LogP contribution in [-0.4, -0.2) is 24.5 Å². The zero-order valence-corrected chi connectivity index (χ0v) is 10.6. The Balaban J connectivity index is 2.31. The summed E-state index contributed by atoms with van der Waals surface area (Å²) in [7, 11) is 2.11. The van der Waals surface area contributed by atoms with E-state index >= 15 is 0 Å². The number of nitrogens with zero attached hydrogens (tertiary/aromatic N) is 1. The highest BCUT2D eigenvalue weighted by molar-refractivity contribution is 5.27. The molecule has 2 rings (SSSR count). The Morgan fingerprint density at radius 3 is 2.82 bits per heavy atom. The van der Waals surface area contributed by atoms with Crippen molar-refractivity contribution in [2.24, 2.45) is 5.73 Å². The molecule has 1 fully saturated rings. The van der Waals surface area contributed by atoms with E-state index in [1.165, 1.54) is 12.8 Å². The molecule has 0 aromatic heterocycles. The maximum Gasteiger partial charge on any atom is 0.126 e. The van der Waals surface area contributed by atoms with Crippen LogP contribution in [0.15, 0.2) is 18.2 Å². The minimum atomic E-state index is -0.140. The summed E-state index contributed by atoms with van der Waals surface area (Å²) in [6.07, 6.45) is 3.43. The molecule has 94 valence electrons. The van der Waals surface area contributed by atoms with Crippen molar-refractivity contribution in [3.05, 3.63) is 35.1 Å². The van der Waals surface area contributed by atoms with Crippen molar-refractivity contribution in [1.82, 2.24) is 4.90 Å². The molecule has 0 saturated carbocycles. The normalized spacial score (nSPS) is 26.8. The molecule has 0 radical (unpaired) electrons. The van der Waals surface area contributed by atoms with Crippen LogP contribution in [0.25, 0.3) is 0 Å². The molecule has 2 N–H and O–H groups in total. The Morgan fingerprint density at radius 1 is 1.35 bits per heavy atom. The molecule has 1 aromatic carbocycles. The minimum absolute atomic E-state index is 0.140. The Hall–Kier alpha value is -0.930. The van der Waals surface area contributed by atoms with Gasteiger partial charge in [-0.15, -0.1) is 0 Å². The summed E-state index contributed by atoms with van der Waals surface area (Å²) in [4.78, 5) is 2.30. The van der Waals surface area contributed by atoms with Gasteiger partial charge < -0.3 is 5.73 Å². The van der Waals surface area contributed by atoms with Gasteiger partial charge in [-0.25, -0.2) is 4.39 Å². The molecule has 2 nitrogen and oxygen atoms in total. The molecule has 3 heteroatoms. The van der Waals surface area contributed by atoms with Gasteiger partial charge in [-0.3, -0.25) is 4.90 Å². The highest BCUT2D eigenvalue weighted by Gasteiger charge is 2.26. The van der Waals surface area contributed by atoms with Crippen molar-refractivity contribution >= 4 is 0 Å². The van der Waals surface area contributed by atoms with Gasteiger partial charge in [0, 0.05) is 12.1 Å². The van der Waals surface area contributed by atoms with Crippen LogP contribution in [0.4, 0.5) is 4.39 Å². The lowest BCUT2D eigenvalue weighted by molar-refractivity contribution is 0.230. The summed E-state index contributed by atoms with van der Waals surface area (Å²) in [5.41, 5.74) is 8.10. The van der Waals surface area contributed by atoms with Crippen LogP contribution >= 0.6 is 0 Å². The van der Waals surface area contributed by atoms with Gasteiger partial charge in [0.1, 0.15) is 5.82 Å². The predicted octanol–water partition coefficient (Wildman–Crippen LogP) is 2.62. The van der Waals surface area contributed by atoms with E-state index in [0.29, 0.717) is 5.56 Å². The van der Waals surface area contributed by atoms with Gasteiger partial charge in [0.2, 0.25) is 0 Å². The van der Waals surface area contributed by atoms with Gasteiger partial charge >= 0.3 is 0 Å². The van der Waals surface area contributed by atoms with Crippen LogP contribution in [0, 0.1) is 12.7 Å². The van der Waals surface area contributed by atoms with Gasteiger partial charge in [-0.1, -0.05) is 18.6 Å². The van der Waals surface area contributed by atoms with Crippen molar-refractivity contribution in [3.8, 4) is 0 Å². The molecule has 1 aliphatic rings. The molecule has 1 heterocycles. The summed E-state index contributed by atoms with van der Waals surface area (Å²) in [6.45, 7) is 2.87. The third-order valence-electron chi connectivity index (χ3n) is 3.70. The topological polar surface area (TPSA) is 29.3 Å². The largest absolute Gasteiger partial charge is 0.326 e. The summed E-state index contributed by atoms with van der Waals surface area (Å²) in [6, 6.07) is 5.72. The standard InChI is InChI=1S/C14H21FN2/c1-10-9-11(6-7-12(10)15)14-13(16)5-3-4-8-17(14)2/h6-7,9,13-14H,3-5,8,16H2,1-2H3. The van der Waals surface area contributed by atoms with E-state index in [1.807, 2.05) is 12.1 Å². The molecule has 1 aromatic rings. The highest BCUT2D eigenvalue weighted by atomic mass is 19.1. The highest BCUT2D eigenvalue weighted by Crippen LogP contribution is 2.29. The summed E-state index contributed by atoms with van der Waals surface area (Å²) in [5, 5.41) is 0.